The van der Waals surface area contributed by atoms with Crippen molar-refractivity contribution < 1.29 is 8.42 Å². The molecule has 0 heterocycles. The minimum Gasteiger partial charge on any atom is -0.399 e. The van der Waals surface area contributed by atoms with Gasteiger partial charge in [0.2, 0.25) is 10.0 Å². The lowest BCUT2D eigenvalue weighted by Crippen LogP contribution is -2.24. The van der Waals surface area contributed by atoms with E-state index in [2.05, 4.69) is 11.0 Å². The molecule has 0 amide bonds. The maximum Gasteiger partial charge on any atom is 0.240 e. The Morgan fingerprint density at radius 3 is 2.72 bits per heavy atom. The van der Waals surface area contributed by atoms with Crippen molar-refractivity contribution in [3.8, 4) is 0 Å². The summed E-state index contributed by atoms with van der Waals surface area (Å²) in [6, 6.07) is 6.33. The third kappa shape index (κ3) is 5.29. The molecular formula is C12H20N2O2S2. The second-order valence-corrected chi connectivity index (χ2v) is 6.78. The predicted octanol–water partition coefficient (Wildman–Crippen LogP) is 2.08. The molecule has 18 heavy (non-hydrogen) atoms. The first kappa shape index (κ1) is 15.3. The third-order valence-corrected chi connectivity index (χ3v) is 4.64. The lowest BCUT2D eigenvalue weighted by molar-refractivity contribution is 0.576. The molecule has 0 aliphatic rings. The van der Waals surface area contributed by atoms with Crippen molar-refractivity contribution in [1.82, 2.24) is 4.72 Å². The Morgan fingerprint density at radius 2 is 2.06 bits per heavy atom. The molecule has 0 unspecified atom stereocenters. The SMILES string of the molecule is CSCCCCCNS(=O)(=O)c1cccc(N)c1. The van der Waals surface area contributed by atoms with Crippen LogP contribution in [-0.2, 0) is 10.0 Å². The van der Waals surface area contributed by atoms with E-state index < -0.39 is 10.0 Å². The van der Waals surface area contributed by atoms with Gasteiger partial charge >= 0.3 is 0 Å². The first-order valence-electron chi connectivity index (χ1n) is 5.90. The normalized spacial score (nSPS) is 11.6. The van der Waals surface area contributed by atoms with Crippen LogP contribution in [-0.4, -0.2) is 27.0 Å². The van der Waals surface area contributed by atoms with E-state index >= 15 is 0 Å². The Bertz CT molecular complexity index is 461. The molecule has 0 aliphatic heterocycles. The number of hydrogen-bond donors (Lipinski definition) is 2. The van der Waals surface area contributed by atoms with Crippen LogP contribution in [0.15, 0.2) is 29.2 Å². The zero-order valence-electron chi connectivity index (χ0n) is 10.6. The first-order chi connectivity index (χ1) is 8.56. The Morgan fingerprint density at radius 1 is 1.28 bits per heavy atom. The number of nitrogens with two attached hydrogens (primary N) is 1. The van der Waals surface area contributed by atoms with E-state index in [1.807, 2.05) is 11.8 Å². The van der Waals surface area contributed by atoms with Crippen molar-refractivity contribution in [2.24, 2.45) is 0 Å². The van der Waals surface area contributed by atoms with Gasteiger partial charge in [0, 0.05) is 12.2 Å². The van der Waals surface area contributed by atoms with Crippen LogP contribution in [0.5, 0.6) is 0 Å². The van der Waals surface area contributed by atoms with Gasteiger partial charge in [0.05, 0.1) is 4.90 Å². The topological polar surface area (TPSA) is 72.2 Å². The highest BCUT2D eigenvalue weighted by molar-refractivity contribution is 7.98. The third-order valence-electron chi connectivity index (χ3n) is 2.49. The predicted molar refractivity (Wildman–Crippen MR) is 78.3 cm³/mol. The van der Waals surface area contributed by atoms with Gasteiger partial charge in [0.15, 0.2) is 0 Å². The number of sulfonamides is 1. The zero-order valence-corrected chi connectivity index (χ0v) is 12.2. The molecule has 0 radical (unpaired) electrons. The Kier molecular flexibility index (Phi) is 6.52. The van der Waals surface area contributed by atoms with E-state index in [0.29, 0.717) is 12.2 Å². The summed E-state index contributed by atoms with van der Waals surface area (Å²) in [5.41, 5.74) is 6.03. The molecule has 0 spiro atoms. The van der Waals surface area contributed by atoms with Crippen LogP contribution >= 0.6 is 11.8 Å². The average molecular weight is 288 g/mol. The van der Waals surface area contributed by atoms with E-state index in [4.69, 9.17) is 5.73 Å². The van der Waals surface area contributed by atoms with Gasteiger partial charge in [0.25, 0.3) is 0 Å². The van der Waals surface area contributed by atoms with Crippen molar-refractivity contribution in [2.75, 3.05) is 24.3 Å². The van der Waals surface area contributed by atoms with Gasteiger partial charge in [-0.2, -0.15) is 11.8 Å². The van der Waals surface area contributed by atoms with Crippen LogP contribution < -0.4 is 10.5 Å². The highest BCUT2D eigenvalue weighted by Gasteiger charge is 2.12. The molecule has 102 valence electrons. The van der Waals surface area contributed by atoms with Gasteiger partial charge in [-0.3, -0.25) is 0 Å². The molecule has 0 aromatic heterocycles. The fourth-order valence-corrected chi connectivity index (χ4v) is 3.14. The summed E-state index contributed by atoms with van der Waals surface area (Å²) >= 11 is 1.81. The molecule has 0 fully saturated rings. The second kappa shape index (κ2) is 7.66. The fraction of sp³-hybridized carbons (Fsp3) is 0.500. The number of benzene rings is 1. The molecule has 4 nitrogen and oxygen atoms in total. The molecule has 1 aromatic carbocycles. The summed E-state index contributed by atoms with van der Waals surface area (Å²) in [6.07, 6.45) is 5.10. The van der Waals surface area contributed by atoms with Crippen LogP contribution in [0.1, 0.15) is 19.3 Å². The van der Waals surface area contributed by atoms with Crippen LogP contribution in [0, 0.1) is 0 Å². The van der Waals surface area contributed by atoms with Crippen LogP contribution in [0.2, 0.25) is 0 Å². The summed E-state index contributed by atoms with van der Waals surface area (Å²) in [4.78, 5) is 0.228. The van der Waals surface area contributed by atoms with Gasteiger partial charge in [-0.25, -0.2) is 13.1 Å². The number of hydrogen-bond acceptors (Lipinski definition) is 4. The lowest BCUT2D eigenvalue weighted by Gasteiger charge is -2.07. The Hall–Kier alpha value is -0.720. The number of unbranched alkanes of at least 4 members (excludes halogenated alkanes) is 2. The molecule has 0 saturated carbocycles. The molecule has 1 rings (SSSR count). The smallest absolute Gasteiger partial charge is 0.240 e. The van der Waals surface area contributed by atoms with Crippen LogP contribution in [0.4, 0.5) is 5.69 Å². The standard InChI is InChI=1S/C12H20N2O2S2/c1-17-9-4-2-3-8-14-18(15,16)12-7-5-6-11(13)10-12/h5-7,10,14H,2-4,8-9,13H2,1H3. The molecule has 0 atom stereocenters. The van der Waals surface area contributed by atoms with Crippen molar-refractivity contribution >= 4 is 27.5 Å². The van der Waals surface area contributed by atoms with Crippen molar-refractivity contribution in [3.63, 3.8) is 0 Å². The van der Waals surface area contributed by atoms with Crippen molar-refractivity contribution in [1.29, 1.82) is 0 Å². The molecule has 0 bridgehead atoms. The summed E-state index contributed by atoms with van der Waals surface area (Å²) in [7, 11) is -3.41. The molecule has 1 aromatic rings. The summed E-state index contributed by atoms with van der Waals surface area (Å²) in [5, 5.41) is 0. The van der Waals surface area contributed by atoms with E-state index in [1.165, 1.54) is 6.07 Å². The van der Waals surface area contributed by atoms with Gasteiger partial charge < -0.3 is 5.73 Å². The maximum atomic E-state index is 11.9. The summed E-state index contributed by atoms with van der Waals surface area (Å²) < 4.78 is 26.4. The maximum absolute atomic E-state index is 11.9. The van der Waals surface area contributed by atoms with E-state index in [-0.39, 0.29) is 4.90 Å². The van der Waals surface area contributed by atoms with Gasteiger partial charge in [-0.15, -0.1) is 0 Å². The number of anilines is 1. The average Bonchev–Trinajstić information content (AvgIpc) is 2.33. The van der Waals surface area contributed by atoms with Gasteiger partial charge in [-0.1, -0.05) is 12.5 Å². The van der Waals surface area contributed by atoms with E-state index in [1.54, 1.807) is 18.2 Å². The highest BCUT2D eigenvalue weighted by atomic mass is 32.2. The first-order valence-corrected chi connectivity index (χ1v) is 8.78. The van der Waals surface area contributed by atoms with E-state index in [0.717, 1.165) is 25.0 Å². The van der Waals surface area contributed by atoms with Crippen LogP contribution in [0.3, 0.4) is 0 Å². The van der Waals surface area contributed by atoms with Gasteiger partial charge in [-0.05, 0) is 43.0 Å². The van der Waals surface area contributed by atoms with Gasteiger partial charge in [0.1, 0.15) is 0 Å². The monoisotopic (exact) mass is 288 g/mol. The fourth-order valence-electron chi connectivity index (χ4n) is 1.52. The second-order valence-electron chi connectivity index (χ2n) is 4.02. The minimum absolute atomic E-state index is 0.228. The zero-order chi connectivity index (χ0) is 13.4. The van der Waals surface area contributed by atoms with Crippen LogP contribution in [0.25, 0.3) is 0 Å². The highest BCUT2D eigenvalue weighted by Crippen LogP contribution is 2.12. The van der Waals surface area contributed by atoms with Crippen molar-refractivity contribution in [2.45, 2.75) is 24.2 Å². The Labute approximate surface area is 113 Å². The lowest BCUT2D eigenvalue weighted by atomic mass is 10.2. The minimum atomic E-state index is -3.41. The number of nitrogens with one attached hydrogen (secondary N) is 1. The van der Waals surface area contributed by atoms with Crippen molar-refractivity contribution in [3.05, 3.63) is 24.3 Å². The molecule has 0 saturated heterocycles. The Balaban J connectivity index is 2.41. The van der Waals surface area contributed by atoms with E-state index in [9.17, 15) is 8.42 Å². The molecule has 0 aliphatic carbocycles. The summed E-state index contributed by atoms with van der Waals surface area (Å²) in [6.45, 7) is 0.478. The quantitative estimate of drug-likeness (QED) is 0.567. The summed E-state index contributed by atoms with van der Waals surface area (Å²) in [5.74, 6) is 1.13. The number of thioether (sulfide) groups is 1. The molecule has 6 heteroatoms. The largest absolute Gasteiger partial charge is 0.399 e. The molecule has 3 N–H and O–H groups in total. The number of rotatable bonds is 8. The molecular weight excluding hydrogens is 268 g/mol. The number of nitrogen functional groups attached to an aromatic ring is 1.